The van der Waals surface area contributed by atoms with Crippen LogP contribution in [0.5, 0.6) is 0 Å². The fourth-order valence-electron chi connectivity index (χ4n) is 5.33. The van der Waals surface area contributed by atoms with Crippen LogP contribution < -0.4 is 0 Å². The summed E-state index contributed by atoms with van der Waals surface area (Å²) in [6, 6.07) is 66.1. The highest BCUT2D eigenvalue weighted by molar-refractivity contribution is 5.64. The lowest BCUT2D eigenvalue weighted by molar-refractivity contribution is 1.14. The molecule has 0 N–H and O–H groups in total. The molecule has 0 heteroatoms. The topological polar surface area (TPSA) is 0 Å². The van der Waals surface area contributed by atoms with Gasteiger partial charge in [-0.1, -0.05) is 232 Å². The smallest absolute Gasteiger partial charge is 0.0184 e. The van der Waals surface area contributed by atoms with Gasteiger partial charge in [-0.25, -0.2) is 0 Å². The van der Waals surface area contributed by atoms with Gasteiger partial charge in [-0.05, 0) is 91.0 Å². The van der Waals surface area contributed by atoms with Crippen LogP contribution in [0.25, 0.3) is 22.3 Å². The first-order valence-electron chi connectivity index (χ1n) is 19.3. The molecule has 0 aliphatic rings. The molecule has 272 valence electrons. The molecule has 0 unspecified atom stereocenters. The summed E-state index contributed by atoms with van der Waals surface area (Å²) in [4.78, 5) is 0. The Bertz CT molecular complexity index is 1630. The fraction of sp³-hybridized carbons (Fsp3) is 0.208. The first-order valence-corrected chi connectivity index (χ1v) is 19.3. The summed E-state index contributed by atoms with van der Waals surface area (Å²) in [6.07, 6.45) is 4.42. The predicted molar refractivity (Wildman–Crippen MR) is 235 cm³/mol. The molecule has 0 nitrogen and oxygen atoms in total. The van der Waals surface area contributed by atoms with Crippen LogP contribution in [0.3, 0.4) is 0 Å². The van der Waals surface area contributed by atoms with E-state index in [2.05, 4.69) is 182 Å². The van der Waals surface area contributed by atoms with Crippen molar-refractivity contribution in [2.45, 2.75) is 74.1 Å². The highest BCUT2D eigenvalue weighted by Gasteiger charge is 1.99. The van der Waals surface area contributed by atoms with Crippen molar-refractivity contribution in [3.8, 4) is 22.3 Å². The minimum atomic E-state index is 1.11. The number of hydrogen-bond donors (Lipinski definition) is 0. The second-order valence-corrected chi connectivity index (χ2v) is 13.2. The standard InChI is InChI=1S/2C16H18.3C7H8/c2*1-3-13-5-9-15(10-6-13)16-11-7-14(4-2)8-12-16;3*1-7-5-3-2-4-6-7/h2*5-12H,3-4H2,1-2H3;3*2-6H,1H3. The zero-order valence-electron chi connectivity index (χ0n) is 33.2. The predicted octanol–water partition coefficient (Wildman–Crippen LogP) is 14.9. The Morgan fingerprint density at radius 1 is 0.226 bits per heavy atom. The SMILES string of the molecule is CCc1ccc(-c2ccc(CC)cc2)cc1.CCc1ccc(-c2ccc(CC)cc2)cc1.Cc1ccccc1.Cc1ccccc1.Cc1ccccc1. The Morgan fingerprint density at radius 3 is 0.509 bits per heavy atom. The van der Waals surface area contributed by atoms with E-state index in [-0.39, 0.29) is 0 Å². The van der Waals surface area contributed by atoms with Crippen molar-refractivity contribution in [2.24, 2.45) is 0 Å². The largest absolute Gasteiger partial charge is 0.0622 e. The Kier molecular flexibility index (Phi) is 19.5. The molecule has 0 aliphatic carbocycles. The van der Waals surface area contributed by atoms with Gasteiger partial charge < -0.3 is 0 Å². The first-order chi connectivity index (χ1) is 25.8. The molecule has 0 heterocycles. The summed E-state index contributed by atoms with van der Waals surface area (Å²) in [5.41, 5.74) is 14.8. The number of rotatable bonds is 6. The van der Waals surface area contributed by atoms with Crippen molar-refractivity contribution in [2.75, 3.05) is 0 Å². The maximum Gasteiger partial charge on any atom is -0.0184 e. The Labute approximate surface area is 322 Å². The average Bonchev–Trinajstić information content (AvgIpc) is 3.23. The average molecular weight is 697 g/mol. The third-order valence-electron chi connectivity index (χ3n) is 8.94. The van der Waals surface area contributed by atoms with Crippen molar-refractivity contribution in [1.82, 2.24) is 0 Å². The lowest BCUT2D eigenvalue weighted by Crippen LogP contribution is -1.83. The molecule has 0 aromatic heterocycles. The Hall–Kier alpha value is -5.46. The summed E-state index contributed by atoms with van der Waals surface area (Å²) >= 11 is 0. The van der Waals surface area contributed by atoms with Gasteiger partial charge in [-0.2, -0.15) is 0 Å². The Balaban J connectivity index is 0.000000189. The second-order valence-electron chi connectivity index (χ2n) is 13.2. The molecule has 0 aliphatic heterocycles. The second kappa shape index (κ2) is 24.7. The maximum absolute atomic E-state index is 2.21. The molecule has 0 atom stereocenters. The zero-order chi connectivity index (χ0) is 38.1. The summed E-state index contributed by atoms with van der Waals surface area (Å²) in [6.45, 7) is 15.0. The number of aryl methyl sites for hydroxylation is 7. The molecule has 0 bridgehead atoms. The minimum Gasteiger partial charge on any atom is -0.0622 e. The molecule has 0 amide bonds. The van der Waals surface area contributed by atoms with Crippen LogP contribution in [0.1, 0.15) is 66.6 Å². The third-order valence-corrected chi connectivity index (χ3v) is 8.94. The van der Waals surface area contributed by atoms with E-state index in [1.165, 1.54) is 61.2 Å². The molecule has 0 spiro atoms. The van der Waals surface area contributed by atoms with Crippen LogP contribution in [0.4, 0.5) is 0 Å². The lowest BCUT2D eigenvalue weighted by Gasteiger charge is -2.04. The van der Waals surface area contributed by atoms with E-state index in [1.807, 2.05) is 54.6 Å². The monoisotopic (exact) mass is 696 g/mol. The van der Waals surface area contributed by atoms with Gasteiger partial charge in [-0.3, -0.25) is 0 Å². The van der Waals surface area contributed by atoms with Gasteiger partial charge in [0.1, 0.15) is 0 Å². The van der Waals surface area contributed by atoms with Crippen LogP contribution in [0, 0.1) is 20.8 Å². The fourth-order valence-corrected chi connectivity index (χ4v) is 5.33. The van der Waals surface area contributed by atoms with E-state index < -0.39 is 0 Å². The molecule has 0 saturated carbocycles. The quantitative estimate of drug-likeness (QED) is 0.162. The van der Waals surface area contributed by atoms with Gasteiger partial charge in [0.15, 0.2) is 0 Å². The van der Waals surface area contributed by atoms with Gasteiger partial charge >= 0.3 is 0 Å². The molecule has 7 rings (SSSR count). The van der Waals surface area contributed by atoms with Gasteiger partial charge in [-0.15, -0.1) is 0 Å². The molecule has 7 aromatic carbocycles. The summed E-state index contributed by atoms with van der Waals surface area (Å²) in [5.74, 6) is 0. The van der Waals surface area contributed by atoms with E-state index in [0.717, 1.165) is 25.7 Å². The highest BCUT2D eigenvalue weighted by Crippen LogP contribution is 2.22. The van der Waals surface area contributed by atoms with Crippen LogP contribution in [0.15, 0.2) is 188 Å². The zero-order valence-corrected chi connectivity index (χ0v) is 33.2. The van der Waals surface area contributed by atoms with Crippen molar-refractivity contribution in [1.29, 1.82) is 0 Å². The summed E-state index contributed by atoms with van der Waals surface area (Å²) < 4.78 is 0. The van der Waals surface area contributed by atoms with Gasteiger partial charge in [0, 0.05) is 0 Å². The maximum atomic E-state index is 2.21. The van der Waals surface area contributed by atoms with Crippen LogP contribution in [0.2, 0.25) is 0 Å². The summed E-state index contributed by atoms with van der Waals surface area (Å²) in [5, 5.41) is 0. The van der Waals surface area contributed by atoms with Crippen LogP contribution in [-0.2, 0) is 25.7 Å². The van der Waals surface area contributed by atoms with E-state index in [0.29, 0.717) is 0 Å². The number of benzene rings is 7. The van der Waals surface area contributed by atoms with E-state index >= 15 is 0 Å². The third kappa shape index (κ3) is 16.6. The normalized spacial score (nSPS) is 9.72. The van der Waals surface area contributed by atoms with E-state index in [9.17, 15) is 0 Å². The van der Waals surface area contributed by atoms with Crippen molar-refractivity contribution < 1.29 is 0 Å². The molecular formula is C53H60. The Morgan fingerprint density at radius 2 is 0.396 bits per heavy atom. The molecule has 0 radical (unpaired) electrons. The molecule has 0 fully saturated rings. The lowest BCUT2D eigenvalue weighted by atomic mass is 10.0. The molecule has 0 saturated heterocycles. The van der Waals surface area contributed by atoms with E-state index in [4.69, 9.17) is 0 Å². The summed E-state index contributed by atoms with van der Waals surface area (Å²) in [7, 11) is 0. The molecular weight excluding hydrogens is 637 g/mol. The highest BCUT2D eigenvalue weighted by atomic mass is 14.0. The van der Waals surface area contributed by atoms with E-state index in [1.54, 1.807) is 0 Å². The van der Waals surface area contributed by atoms with Gasteiger partial charge in [0.05, 0.1) is 0 Å². The molecule has 7 aromatic rings. The number of hydrogen-bond acceptors (Lipinski definition) is 0. The van der Waals surface area contributed by atoms with Crippen molar-refractivity contribution in [3.63, 3.8) is 0 Å². The van der Waals surface area contributed by atoms with Crippen molar-refractivity contribution >= 4 is 0 Å². The first kappa shape index (κ1) is 42.0. The van der Waals surface area contributed by atoms with Gasteiger partial charge in [0.2, 0.25) is 0 Å². The minimum absolute atomic E-state index is 1.11. The van der Waals surface area contributed by atoms with Crippen LogP contribution in [-0.4, -0.2) is 0 Å². The van der Waals surface area contributed by atoms with Gasteiger partial charge in [0.25, 0.3) is 0 Å². The van der Waals surface area contributed by atoms with Crippen LogP contribution >= 0.6 is 0 Å². The molecule has 53 heavy (non-hydrogen) atoms. The van der Waals surface area contributed by atoms with Crippen molar-refractivity contribution in [3.05, 3.63) is 227 Å².